The quantitative estimate of drug-likeness (QED) is 0.367. The number of imidazole rings is 1. The first-order valence-corrected chi connectivity index (χ1v) is 11.9. The summed E-state index contributed by atoms with van der Waals surface area (Å²) in [7, 11) is 0. The van der Waals surface area contributed by atoms with Gasteiger partial charge in [-0.05, 0) is 80.3 Å². The first-order chi connectivity index (χ1) is 16.4. The number of fused-ring (bicyclic) bond motifs is 1. The van der Waals surface area contributed by atoms with E-state index in [0.717, 1.165) is 33.9 Å². The highest BCUT2D eigenvalue weighted by Gasteiger charge is 2.35. The molecule has 4 aromatic rings. The number of amides is 1. The summed E-state index contributed by atoms with van der Waals surface area (Å²) in [5.41, 5.74) is 7.76. The molecule has 1 atom stereocenters. The van der Waals surface area contributed by atoms with E-state index in [-0.39, 0.29) is 11.8 Å². The van der Waals surface area contributed by atoms with E-state index in [1.165, 1.54) is 16.7 Å². The molecule has 34 heavy (non-hydrogen) atoms. The SMILES string of the molecule is Cc1ccc(C)c(OCCn2c(C3CC(=O)N(c4ccc(C)c(C)c4)C3)nc3ccccc32)c1. The average molecular weight is 454 g/mol. The monoisotopic (exact) mass is 453 g/mol. The number of aryl methyl sites for hydroxylation is 4. The van der Waals surface area contributed by atoms with Gasteiger partial charge in [-0.1, -0.05) is 30.3 Å². The van der Waals surface area contributed by atoms with Crippen LogP contribution in [0.15, 0.2) is 60.7 Å². The van der Waals surface area contributed by atoms with Crippen LogP contribution in [0.2, 0.25) is 0 Å². The van der Waals surface area contributed by atoms with E-state index in [1.807, 2.05) is 29.2 Å². The number of ether oxygens (including phenoxy) is 1. The molecule has 1 aliphatic heterocycles. The van der Waals surface area contributed by atoms with Gasteiger partial charge in [0.1, 0.15) is 18.2 Å². The summed E-state index contributed by atoms with van der Waals surface area (Å²) in [5, 5.41) is 0. The van der Waals surface area contributed by atoms with Crippen LogP contribution in [0.4, 0.5) is 5.69 Å². The fraction of sp³-hybridized carbons (Fsp3) is 0.310. The molecule has 1 unspecified atom stereocenters. The van der Waals surface area contributed by atoms with E-state index in [2.05, 4.69) is 68.7 Å². The third-order valence-electron chi connectivity index (χ3n) is 6.89. The molecule has 0 N–H and O–H groups in total. The molecular formula is C29H31N3O2. The Kier molecular flexibility index (Phi) is 5.86. The second-order valence-electron chi connectivity index (χ2n) is 9.40. The number of benzene rings is 3. The minimum Gasteiger partial charge on any atom is -0.491 e. The van der Waals surface area contributed by atoms with Crippen LogP contribution in [0.5, 0.6) is 5.75 Å². The Hall–Kier alpha value is -3.60. The van der Waals surface area contributed by atoms with Crippen LogP contribution < -0.4 is 9.64 Å². The number of hydrogen-bond donors (Lipinski definition) is 0. The Morgan fingerprint density at radius 3 is 2.56 bits per heavy atom. The summed E-state index contributed by atoms with van der Waals surface area (Å²) >= 11 is 0. The summed E-state index contributed by atoms with van der Waals surface area (Å²) in [6, 6.07) is 20.7. The smallest absolute Gasteiger partial charge is 0.227 e. The molecule has 1 aromatic heterocycles. The van der Waals surface area contributed by atoms with Crippen molar-refractivity contribution in [1.29, 1.82) is 0 Å². The molecule has 0 aliphatic carbocycles. The summed E-state index contributed by atoms with van der Waals surface area (Å²) in [4.78, 5) is 19.9. The molecule has 5 nitrogen and oxygen atoms in total. The zero-order valence-electron chi connectivity index (χ0n) is 20.3. The zero-order chi connectivity index (χ0) is 23.8. The maximum Gasteiger partial charge on any atom is 0.227 e. The van der Waals surface area contributed by atoms with Gasteiger partial charge in [0.05, 0.1) is 17.6 Å². The molecule has 0 spiro atoms. The normalized spacial score (nSPS) is 15.9. The molecule has 2 heterocycles. The van der Waals surface area contributed by atoms with Crippen LogP contribution in [-0.4, -0.2) is 28.6 Å². The Morgan fingerprint density at radius 2 is 1.74 bits per heavy atom. The number of aromatic nitrogens is 2. The van der Waals surface area contributed by atoms with Gasteiger partial charge in [-0.25, -0.2) is 4.98 Å². The van der Waals surface area contributed by atoms with Gasteiger partial charge in [0.2, 0.25) is 5.91 Å². The van der Waals surface area contributed by atoms with Crippen molar-refractivity contribution in [2.75, 3.05) is 18.1 Å². The molecule has 0 bridgehead atoms. The number of hydrogen-bond acceptors (Lipinski definition) is 3. The molecule has 1 aliphatic rings. The molecule has 3 aromatic carbocycles. The fourth-order valence-corrected chi connectivity index (χ4v) is 4.77. The van der Waals surface area contributed by atoms with Gasteiger partial charge < -0.3 is 14.2 Å². The van der Waals surface area contributed by atoms with Crippen molar-refractivity contribution < 1.29 is 9.53 Å². The number of rotatable bonds is 6. The Balaban J connectivity index is 1.41. The van der Waals surface area contributed by atoms with E-state index in [9.17, 15) is 4.79 Å². The average Bonchev–Trinajstić information content (AvgIpc) is 3.38. The van der Waals surface area contributed by atoms with Gasteiger partial charge in [0, 0.05) is 24.6 Å². The first-order valence-electron chi connectivity index (χ1n) is 11.9. The molecule has 174 valence electrons. The molecule has 0 radical (unpaired) electrons. The van der Waals surface area contributed by atoms with Gasteiger partial charge >= 0.3 is 0 Å². The van der Waals surface area contributed by atoms with Crippen molar-refractivity contribution in [2.45, 2.75) is 46.6 Å². The van der Waals surface area contributed by atoms with Crippen molar-refractivity contribution in [3.8, 4) is 5.75 Å². The molecule has 0 saturated carbocycles. The lowest BCUT2D eigenvalue weighted by molar-refractivity contribution is -0.117. The Labute approximate surface area is 201 Å². The van der Waals surface area contributed by atoms with Gasteiger partial charge in [0.25, 0.3) is 0 Å². The fourth-order valence-electron chi connectivity index (χ4n) is 4.77. The Bertz CT molecular complexity index is 1370. The minimum absolute atomic E-state index is 0.0437. The lowest BCUT2D eigenvalue weighted by Crippen LogP contribution is -2.24. The highest BCUT2D eigenvalue weighted by atomic mass is 16.5. The maximum absolute atomic E-state index is 13.0. The topological polar surface area (TPSA) is 47.4 Å². The van der Waals surface area contributed by atoms with Crippen LogP contribution in [0.25, 0.3) is 11.0 Å². The third kappa shape index (κ3) is 4.18. The van der Waals surface area contributed by atoms with E-state index >= 15 is 0 Å². The lowest BCUT2D eigenvalue weighted by Gasteiger charge is -2.19. The van der Waals surface area contributed by atoms with Crippen LogP contribution in [0.3, 0.4) is 0 Å². The second kappa shape index (κ2) is 8.98. The van der Waals surface area contributed by atoms with Gasteiger partial charge in [-0.3, -0.25) is 4.79 Å². The van der Waals surface area contributed by atoms with Crippen LogP contribution in [0.1, 0.15) is 40.4 Å². The molecule has 1 fully saturated rings. The van der Waals surface area contributed by atoms with E-state index in [1.54, 1.807) is 0 Å². The largest absolute Gasteiger partial charge is 0.491 e. The van der Waals surface area contributed by atoms with Gasteiger partial charge in [-0.15, -0.1) is 0 Å². The molecule has 5 heteroatoms. The maximum atomic E-state index is 13.0. The Morgan fingerprint density at radius 1 is 0.941 bits per heavy atom. The van der Waals surface area contributed by atoms with E-state index in [4.69, 9.17) is 9.72 Å². The van der Waals surface area contributed by atoms with Crippen LogP contribution in [0, 0.1) is 27.7 Å². The number of carbonyl (C=O) groups excluding carboxylic acids is 1. The highest BCUT2D eigenvalue weighted by Crippen LogP contribution is 2.34. The highest BCUT2D eigenvalue weighted by molar-refractivity contribution is 5.96. The summed E-state index contributed by atoms with van der Waals surface area (Å²) in [6.45, 7) is 10.2. The predicted octanol–water partition coefficient (Wildman–Crippen LogP) is 5.87. The number of nitrogens with zero attached hydrogens (tertiary/aromatic N) is 3. The van der Waals surface area contributed by atoms with Crippen LogP contribution in [-0.2, 0) is 11.3 Å². The molecule has 5 rings (SSSR count). The summed E-state index contributed by atoms with van der Waals surface area (Å²) in [6.07, 6.45) is 0.466. The van der Waals surface area contributed by atoms with Crippen molar-refractivity contribution in [2.24, 2.45) is 0 Å². The predicted molar refractivity (Wildman–Crippen MR) is 137 cm³/mol. The zero-order valence-corrected chi connectivity index (χ0v) is 20.3. The first kappa shape index (κ1) is 22.2. The standard InChI is InChI=1S/C29H31N3O2/c1-19-9-10-21(3)27(15-19)34-14-13-31-26-8-6-5-7-25(26)30-29(31)23-17-28(33)32(18-23)24-12-11-20(2)22(4)16-24/h5-12,15-16,23H,13-14,17-18H2,1-4H3. The van der Waals surface area contributed by atoms with Gasteiger partial charge in [0.15, 0.2) is 0 Å². The lowest BCUT2D eigenvalue weighted by atomic mass is 10.1. The van der Waals surface area contributed by atoms with Gasteiger partial charge in [-0.2, -0.15) is 0 Å². The minimum atomic E-state index is 0.0437. The van der Waals surface area contributed by atoms with E-state index < -0.39 is 0 Å². The van der Waals surface area contributed by atoms with Crippen molar-refractivity contribution in [1.82, 2.24) is 9.55 Å². The number of para-hydroxylation sites is 2. The molecule has 1 saturated heterocycles. The summed E-state index contributed by atoms with van der Waals surface area (Å²) in [5.74, 6) is 2.08. The molecule has 1 amide bonds. The van der Waals surface area contributed by atoms with Crippen molar-refractivity contribution >= 4 is 22.6 Å². The summed E-state index contributed by atoms with van der Waals surface area (Å²) < 4.78 is 8.41. The number of anilines is 1. The third-order valence-corrected chi connectivity index (χ3v) is 6.89. The second-order valence-corrected chi connectivity index (χ2v) is 9.40. The van der Waals surface area contributed by atoms with Crippen molar-refractivity contribution in [3.63, 3.8) is 0 Å². The molecular weight excluding hydrogens is 422 g/mol. The van der Waals surface area contributed by atoms with E-state index in [0.29, 0.717) is 26.1 Å². The van der Waals surface area contributed by atoms with Crippen LogP contribution >= 0.6 is 0 Å². The number of carbonyl (C=O) groups is 1. The van der Waals surface area contributed by atoms with Crippen molar-refractivity contribution in [3.05, 3.63) is 88.7 Å².